The van der Waals surface area contributed by atoms with Gasteiger partial charge in [0.2, 0.25) is 5.91 Å². The molecule has 0 atom stereocenters. The van der Waals surface area contributed by atoms with Crippen molar-refractivity contribution in [3.8, 4) is 0 Å². The van der Waals surface area contributed by atoms with Gasteiger partial charge in [-0.2, -0.15) is 11.8 Å². The van der Waals surface area contributed by atoms with Crippen molar-refractivity contribution in [3.05, 3.63) is 0 Å². The Kier molecular flexibility index (Phi) is 3.72. The van der Waals surface area contributed by atoms with Crippen molar-refractivity contribution in [2.24, 2.45) is 0 Å². The van der Waals surface area contributed by atoms with Gasteiger partial charge in [0.1, 0.15) is 0 Å². The quantitative estimate of drug-likeness (QED) is 0.639. The van der Waals surface area contributed by atoms with Gasteiger partial charge in [0.15, 0.2) is 0 Å². The zero-order chi connectivity index (χ0) is 8.10. The highest BCUT2D eigenvalue weighted by atomic mass is 32.2. The zero-order valence-electron chi connectivity index (χ0n) is 6.45. The molecule has 4 heteroatoms. The Morgan fingerprint density at radius 3 is 2.64 bits per heavy atom. The molecule has 0 aromatic rings. The minimum Gasteiger partial charge on any atom is -0.396 e. The SMILES string of the molecule is O=C(CCO)N1CCSCC1. The Morgan fingerprint density at radius 2 is 2.09 bits per heavy atom. The van der Waals surface area contributed by atoms with E-state index in [0.29, 0.717) is 0 Å². The number of hydrogen-bond donors (Lipinski definition) is 1. The molecule has 0 bridgehead atoms. The van der Waals surface area contributed by atoms with Crippen LogP contribution < -0.4 is 0 Å². The number of amides is 1. The molecule has 1 aliphatic heterocycles. The number of carbonyl (C=O) groups excluding carboxylic acids is 1. The van der Waals surface area contributed by atoms with Gasteiger partial charge in [0, 0.05) is 31.0 Å². The first-order chi connectivity index (χ1) is 5.34. The maximum absolute atomic E-state index is 11.2. The Hall–Kier alpha value is -0.220. The summed E-state index contributed by atoms with van der Waals surface area (Å²) < 4.78 is 0. The summed E-state index contributed by atoms with van der Waals surface area (Å²) in [5.41, 5.74) is 0. The van der Waals surface area contributed by atoms with Crippen LogP contribution in [-0.4, -0.2) is 47.1 Å². The molecule has 1 amide bonds. The van der Waals surface area contributed by atoms with Gasteiger partial charge < -0.3 is 10.0 Å². The summed E-state index contributed by atoms with van der Waals surface area (Å²) in [5.74, 6) is 2.17. The van der Waals surface area contributed by atoms with E-state index in [2.05, 4.69) is 0 Å². The highest BCUT2D eigenvalue weighted by Crippen LogP contribution is 2.09. The third-order valence-corrected chi connectivity index (χ3v) is 2.63. The molecule has 0 radical (unpaired) electrons. The number of hydrogen-bond acceptors (Lipinski definition) is 3. The fourth-order valence-corrected chi connectivity index (χ4v) is 1.97. The molecular weight excluding hydrogens is 162 g/mol. The average Bonchev–Trinajstić information content (AvgIpc) is 2.07. The minimum absolute atomic E-state index is 0.0253. The summed E-state index contributed by atoms with van der Waals surface area (Å²) in [5, 5.41) is 8.51. The molecule has 0 aromatic heterocycles. The third kappa shape index (κ3) is 2.71. The molecule has 0 spiro atoms. The van der Waals surface area contributed by atoms with Crippen molar-refractivity contribution < 1.29 is 9.90 Å². The van der Waals surface area contributed by atoms with Gasteiger partial charge in [0.25, 0.3) is 0 Å². The summed E-state index contributed by atoms with van der Waals surface area (Å²) in [4.78, 5) is 13.0. The van der Waals surface area contributed by atoms with Crippen LogP contribution in [0.2, 0.25) is 0 Å². The van der Waals surface area contributed by atoms with E-state index < -0.39 is 0 Å². The van der Waals surface area contributed by atoms with E-state index in [0.717, 1.165) is 24.6 Å². The smallest absolute Gasteiger partial charge is 0.224 e. The van der Waals surface area contributed by atoms with E-state index in [1.54, 1.807) is 0 Å². The molecule has 11 heavy (non-hydrogen) atoms. The molecule has 64 valence electrons. The lowest BCUT2D eigenvalue weighted by molar-refractivity contribution is -0.131. The molecule has 1 heterocycles. The van der Waals surface area contributed by atoms with E-state index in [-0.39, 0.29) is 18.9 Å². The van der Waals surface area contributed by atoms with E-state index in [1.165, 1.54) is 0 Å². The second-order valence-corrected chi connectivity index (χ2v) is 3.69. The summed E-state index contributed by atoms with van der Waals surface area (Å²) in [6, 6.07) is 0. The first-order valence-electron chi connectivity index (χ1n) is 3.81. The maximum atomic E-state index is 11.2. The van der Waals surface area contributed by atoms with Gasteiger partial charge in [0.05, 0.1) is 6.61 Å². The van der Waals surface area contributed by atoms with Crippen LogP contribution in [0, 0.1) is 0 Å². The highest BCUT2D eigenvalue weighted by molar-refractivity contribution is 7.99. The van der Waals surface area contributed by atoms with E-state index in [9.17, 15) is 4.79 Å². The molecule has 0 aliphatic carbocycles. The van der Waals surface area contributed by atoms with Crippen LogP contribution in [0.4, 0.5) is 0 Å². The Morgan fingerprint density at radius 1 is 1.45 bits per heavy atom. The van der Waals surface area contributed by atoms with Crippen molar-refractivity contribution in [3.63, 3.8) is 0 Å². The first kappa shape index (κ1) is 8.87. The van der Waals surface area contributed by atoms with Crippen LogP contribution >= 0.6 is 11.8 Å². The maximum Gasteiger partial charge on any atom is 0.224 e. The topological polar surface area (TPSA) is 40.5 Å². The molecule has 1 saturated heterocycles. The van der Waals surface area contributed by atoms with Crippen LogP contribution in [0.15, 0.2) is 0 Å². The molecule has 1 N–H and O–H groups in total. The van der Waals surface area contributed by atoms with Crippen LogP contribution in [0.3, 0.4) is 0 Å². The summed E-state index contributed by atoms with van der Waals surface area (Å²) >= 11 is 1.88. The Bertz CT molecular complexity index is 134. The van der Waals surface area contributed by atoms with Gasteiger partial charge in [-0.05, 0) is 0 Å². The second kappa shape index (κ2) is 4.62. The van der Waals surface area contributed by atoms with Crippen molar-refractivity contribution >= 4 is 17.7 Å². The van der Waals surface area contributed by atoms with Crippen LogP contribution in [-0.2, 0) is 4.79 Å². The summed E-state index contributed by atoms with van der Waals surface area (Å²) in [6.45, 7) is 1.68. The van der Waals surface area contributed by atoms with Crippen molar-refractivity contribution in [1.29, 1.82) is 0 Å². The molecule has 1 aliphatic rings. The van der Waals surface area contributed by atoms with Crippen LogP contribution in [0.1, 0.15) is 6.42 Å². The number of aliphatic hydroxyl groups excluding tert-OH is 1. The molecule has 1 rings (SSSR count). The molecular formula is C7H13NO2S. The van der Waals surface area contributed by atoms with Gasteiger partial charge in [-0.1, -0.05) is 0 Å². The summed E-state index contributed by atoms with van der Waals surface area (Å²) in [7, 11) is 0. The van der Waals surface area contributed by atoms with Gasteiger partial charge in [-0.25, -0.2) is 0 Å². The van der Waals surface area contributed by atoms with Crippen molar-refractivity contribution in [1.82, 2.24) is 4.90 Å². The van der Waals surface area contributed by atoms with Crippen molar-refractivity contribution in [2.45, 2.75) is 6.42 Å². The summed E-state index contributed by atoms with van der Waals surface area (Å²) in [6.07, 6.45) is 0.282. The van der Waals surface area contributed by atoms with E-state index in [1.807, 2.05) is 16.7 Å². The molecule has 1 fully saturated rings. The lowest BCUT2D eigenvalue weighted by Crippen LogP contribution is -2.38. The normalized spacial score (nSPS) is 18.5. The standard InChI is InChI=1S/C7H13NO2S/c9-4-1-7(10)8-2-5-11-6-3-8/h9H,1-6H2. The molecule has 0 unspecified atom stereocenters. The predicted octanol–water partition coefficient (Wildman–Crippen LogP) is -0.0558. The Labute approximate surface area is 70.8 Å². The van der Waals surface area contributed by atoms with Gasteiger partial charge >= 0.3 is 0 Å². The lowest BCUT2D eigenvalue weighted by Gasteiger charge is -2.26. The molecule has 3 nitrogen and oxygen atoms in total. The zero-order valence-corrected chi connectivity index (χ0v) is 7.27. The molecule has 0 saturated carbocycles. The largest absolute Gasteiger partial charge is 0.396 e. The van der Waals surface area contributed by atoms with Crippen molar-refractivity contribution in [2.75, 3.05) is 31.2 Å². The first-order valence-corrected chi connectivity index (χ1v) is 4.96. The highest BCUT2D eigenvalue weighted by Gasteiger charge is 2.15. The van der Waals surface area contributed by atoms with Gasteiger partial charge in [-0.15, -0.1) is 0 Å². The molecule has 0 aromatic carbocycles. The fraction of sp³-hybridized carbons (Fsp3) is 0.857. The number of nitrogens with zero attached hydrogens (tertiary/aromatic N) is 1. The average molecular weight is 175 g/mol. The minimum atomic E-state index is -0.0253. The number of aliphatic hydroxyl groups is 1. The number of thioether (sulfide) groups is 1. The number of carbonyl (C=O) groups is 1. The van der Waals surface area contributed by atoms with Gasteiger partial charge in [-0.3, -0.25) is 4.79 Å². The lowest BCUT2D eigenvalue weighted by atomic mass is 10.3. The van der Waals surface area contributed by atoms with Crippen LogP contribution in [0.5, 0.6) is 0 Å². The second-order valence-electron chi connectivity index (χ2n) is 2.47. The van der Waals surface area contributed by atoms with E-state index in [4.69, 9.17) is 5.11 Å². The number of rotatable bonds is 2. The van der Waals surface area contributed by atoms with E-state index >= 15 is 0 Å². The predicted molar refractivity (Wildman–Crippen MR) is 45.6 cm³/mol. The third-order valence-electron chi connectivity index (χ3n) is 1.69. The monoisotopic (exact) mass is 175 g/mol. The Balaban J connectivity index is 2.27. The van der Waals surface area contributed by atoms with Crippen LogP contribution in [0.25, 0.3) is 0 Å². The fourth-order valence-electron chi connectivity index (χ4n) is 1.07.